The molecule has 2 rings (SSSR count). The minimum Gasteiger partial charge on any atom is -0.493 e. The standard InChI is InChI=1S/C12H12BrClN2O3/c1-18-9-5-7-8(6-10(9)19-2)12(17)16(4-3-13)15-11(7)14/h5-6H,3-4H2,1-2H3. The van der Waals surface area contributed by atoms with E-state index < -0.39 is 0 Å². The lowest BCUT2D eigenvalue weighted by Crippen LogP contribution is -2.24. The highest BCUT2D eigenvalue weighted by Crippen LogP contribution is 2.32. The second-order valence-electron chi connectivity index (χ2n) is 3.76. The molecular formula is C12H12BrClN2O3. The topological polar surface area (TPSA) is 53.4 Å². The molecule has 0 radical (unpaired) electrons. The molecule has 0 atom stereocenters. The van der Waals surface area contributed by atoms with Crippen molar-refractivity contribution >= 4 is 38.3 Å². The van der Waals surface area contributed by atoms with Gasteiger partial charge in [0.05, 0.1) is 26.2 Å². The van der Waals surface area contributed by atoms with Crippen LogP contribution in [0, 0.1) is 0 Å². The molecule has 0 saturated heterocycles. The molecule has 0 unspecified atom stereocenters. The van der Waals surface area contributed by atoms with Crippen molar-refractivity contribution in [2.45, 2.75) is 6.54 Å². The largest absolute Gasteiger partial charge is 0.493 e. The summed E-state index contributed by atoms with van der Waals surface area (Å²) in [5, 5.41) is 5.95. The zero-order valence-corrected chi connectivity index (χ0v) is 12.8. The molecule has 1 aromatic heterocycles. The maximum Gasteiger partial charge on any atom is 0.274 e. The number of hydrogen-bond donors (Lipinski definition) is 0. The zero-order valence-electron chi connectivity index (χ0n) is 10.4. The molecule has 0 fully saturated rings. The summed E-state index contributed by atoms with van der Waals surface area (Å²) in [6.45, 7) is 0.447. The minimum absolute atomic E-state index is 0.209. The Bertz CT molecular complexity index is 672. The number of aromatic nitrogens is 2. The van der Waals surface area contributed by atoms with Crippen LogP contribution in [-0.4, -0.2) is 29.3 Å². The Labute approximate surface area is 123 Å². The third-order valence-electron chi connectivity index (χ3n) is 2.72. The average molecular weight is 348 g/mol. The van der Waals surface area contributed by atoms with Gasteiger partial charge in [0.1, 0.15) is 0 Å². The van der Waals surface area contributed by atoms with E-state index in [1.807, 2.05) is 0 Å². The number of nitrogens with zero attached hydrogens (tertiary/aromatic N) is 2. The lowest BCUT2D eigenvalue weighted by molar-refractivity contribution is 0.356. The quantitative estimate of drug-likeness (QED) is 0.797. The van der Waals surface area contributed by atoms with Gasteiger partial charge in [0.2, 0.25) is 0 Å². The monoisotopic (exact) mass is 346 g/mol. The molecule has 0 saturated carbocycles. The SMILES string of the molecule is COc1cc2c(Cl)nn(CCBr)c(=O)c2cc1OC. The molecule has 0 amide bonds. The summed E-state index contributed by atoms with van der Waals surface area (Å²) >= 11 is 9.38. The highest BCUT2D eigenvalue weighted by atomic mass is 79.9. The molecule has 1 heterocycles. The van der Waals surface area contributed by atoms with E-state index in [-0.39, 0.29) is 10.7 Å². The van der Waals surface area contributed by atoms with Gasteiger partial charge in [-0.25, -0.2) is 4.68 Å². The van der Waals surface area contributed by atoms with Crippen LogP contribution in [-0.2, 0) is 6.54 Å². The molecule has 2 aromatic rings. The summed E-state index contributed by atoms with van der Waals surface area (Å²) in [6, 6.07) is 3.28. The molecule has 0 aliphatic carbocycles. The van der Waals surface area contributed by atoms with E-state index >= 15 is 0 Å². The van der Waals surface area contributed by atoms with Crippen LogP contribution in [0.5, 0.6) is 11.5 Å². The van der Waals surface area contributed by atoms with Crippen LogP contribution in [0.25, 0.3) is 10.8 Å². The van der Waals surface area contributed by atoms with Crippen molar-refractivity contribution in [2.24, 2.45) is 0 Å². The van der Waals surface area contributed by atoms with E-state index in [0.29, 0.717) is 34.1 Å². The van der Waals surface area contributed by atoms with Crippen molar-refractivity contribution in [3.63, 3.8) is 0 Å². The van der Waals surface area contributed by atoms with Crippen LogP contribution >= 0.6 is 27.5 Å². The highest BCUT2D eigenvalue weighted by Gasteiger charge is 2.14. The number of fused-ring (bicyclic) bond motifs is 1. The summed E-state index contributed by atoms with van der Waals surface area (Å²) in [5.74, 6) is 0.996. The van der Waals surface area contributed by atoms with Crippen LogP contribution in [0.3, 0.4) is 0 Å². The van der Waals surface area contributed by atoms with E-state index in [4.69, 9.17) is 21.1 Å². The number of halogens is 2. The van der Waals surface area contributed by atoms with Crippen molar-refractivity contribution in [1.82, 2.24) is 9.78 Å². The molecule has 0 aliphatic rings. The molecule has 5 nitrogen and oxygen atoms in total. The number of methoxy groups -OCH3 is 2. The van der Waals surface area contributed by atoms with Gasteiger partial charge in [-0.15, -0.1) is 0 Å². The second-order valence-corrected chi connectivity index (χ2v) is 4.91. The van der Waals surface area contributed by atoms with Gasteiger partial charge >= 0.3 is 0 Å². The molecule has 1 aromatic carbocycles. The summed E-state index contributed by atoms with van der Waals surface area (Å²) < 4.78 is 11.7. The van der Waals surface area contributed by atoms with Gasteiger partial charge < -0.3 is 9.47 Å². The van der Waals surface area contributed by atoms with Gasteiger partial charge in [0.15, 0.2) is 16.7 Å². The van der Waals surface area contributed by atoms with Crippen LogP contribution in [0.15, 0.2) is 16.9 Å². The van der Waals surface area contributed by atoms with E-state index in [9.17, 15) is 4.79 Å². The lowest BCUT2D eigenvalue weighted by atomic mass is 10.1. The first-order chi connectivity index (χ1) is 9.12. The number of aryl methyl sites for hydroxylation is 1. The van der Waals surface area contributed by atoms with E-state index in [1.54, 1.807) is 12.1 Å². The van der Waals surface area contributed by atoms with Gasteiger partial charge in [-0.3, -0.25) is 4.79 Å². The lowest BCUT2D eigenvalue weighted by Gasteiger charge is -2.11. The fraction of sp³-hybridized carbons (Fsp3) is 0.333. The van der Waals surface area contributed by atoms with Crippen molar-refractivity contribution < 1.29 is 9.47 Å². The maximum absolute atomic E-state index is 12.3. The van der Waals surface area contributed by atoms with Crippen molar-refractivity contribution in [3.8, 4) is 11.5 Å². The molecule has 0 bridgehead atoms. The zero-order chi connectivity index (χ0) is 14.0. The molecule has 19 heavy (non-hydrogen) atoms. The second kappa shape index (κ2) is 5.79. The normalized spacial score (nSPS) is 10.7. The predicted molar refractivity (Wildman–Crippen MR) is 77.9 cm³/mol. The van der Waals surface area contributed by atoms with Crippen molar-refractivity contribution in [2.75, 3.05) is 19.5 Å². The first kappa shape index (κ1) is 14.1. The smallest absolute Gasteiger partial charge is 0.274 e. The summed E-state index contributed by atoms with van der Waals surface area (Å²) in [5.41, 5.74) is -0.209. The fourth-order valence-electron chi connectivity index (χ4n) is 1.80. The van der Waals surface area contributed by atoms with E-state index in [2.05, 4.69) is 21.0 Å². The third-order valence-corrected chi connectivity index (χ3v) is 3.35. The molecule has 0 spiro atoms. The Hall–Kier alpha value is -1.27. The minimum atomic E-state index is -0.209. The summed E-state index contributed by atoms with van der Waals surface area (Å²) in [7, 11) is 3.04. The third kappa shape index (κ3) is 2.55. The van der Waals surface area contributed by atoms with Crippen molar-refractivity contribution in [3.05, 3.63) is 27.6 Å². The number of alkyl halides is 1. The van der Waals surface area contributed by atoms with E-state index in [0.717, 1.165) is 0 Å². The van der Waals surface area contributed by atoms with Crippen molar-refractivity contribution in [1.29, 1.82) is 0 Å². The number of rotatable bonds is 4. The van der Waals surface area contributed by atoms with E-state index in [1.165, 1.54) is 18.9 Å². The predicted octanol–water partition coefficient (Wildman–Crippen LogP) is 2.46. The number of benzene rings is 1. The first-order valence-electron chi connectivity index (χ1n) is 5.50. The molecule has 0 N–H and O–H groups in total. The molecule has 7 heteroatoms. The Morgan fingerprint density at radius 2 is 1.84 bits per heavy atom. The fourth-order valence-corrected chi connectivity index (χ4v) is 2.39. The Morgan fingerprint density at radius 3 is 2.37 bits per heavy atom. The number of ether oxygens (including phenoxy) is 2. The Kier molecular flexibility index (Phi) is 4.31. The number of hydrogen-bond acceptors (Lipinski definition) is 4. The Morgan fingerprint density at radius 1 is 1.26 bits per heavy atom. The molecular weight excluding hydrogens is 336 g/mol. The average Bonchev–Trinajstić information content (AvgIpc) is 2.43. The molecule has 102 valence electrons. The van der Waals surface area contributed by atoms with Gasteiger partial charge in [0.25, 0.3) is 5.56 Å². The Balaban J connectivity index is 2.80. The van der Waals surface area contributed by atoms with Gasteiger partial charge in [-0.2, -0.15) is 5.10 Å². The first-order valence-corrected chi connectivity index (χ1v) is 7.00. The van der Waals surface area contributed by atoms with Gasteiger partial charge in [-0.05, 0) is 12.1 Å². The highest BCUT2D eigenvalue weighted by molar-refractivity contribution is 9.09. The maximum atomic E-state index is 12.3. The van der Waals surface area contributed by atoms with Crippen LogP contribution in [0.4, 0.5) is 0 Å². The van der Waals surface area contributed by atoms with Crippen LogP contribution in [0.2, 0.25) is 5.15 Å². The van der Waals surface area contributed by atoms with Gasteiger partial charge in [-0.1, -0.05) is 27.5 Å². The van der Waals surface area contributed by atoms with Crippen LogP contribution < -0.4 is 15.0 Å². The van der Waals surface area contributed by atoms with Gasteiger partial charge in [0, 0.05) is 10.7 Å². The molecule has 0 aliphatic heterocycles. The van der Waals surface area contributed by atoms with Crippen LogP contribution in [0.1, 0.15) is 0 Å². The summed E-state index contributed by atoms with van der Waals surface area (Å²) in [4.78, 5) is 12.3. The summed E-state index contributed by atoms with van der Waals surface area (Å²) in [6.07, 6.45) is 0.